The van der Waals surface area contributed by atoms with Crippen LogP contribution in [0.4, 0.5) is 5.69 Å². The summed E-state index contributed by atoms with van der Waals surface area (Å²) in [6.07, 6.45) is 0. The maximum atomic E-state index is 12.2. The fraction of sp³-hybridized carbons (Fsp3) is 0.278. The first kappa shape index (κ1) is 19.3. The third-order valence-electron chi connectivity index (χ3n) is 3.49. The normalized spacial score (nSPS) is 10.4. The minimum Gasteiger partial charge on any atom is -0.380 e. The van der Waals surface area contributed by atoms with E-state index in [1.54, 1.807) is 25.3 Å². The first-order chi connectivity index (χ1) is 12.0. The van der Waals surface area contributed by atoms with Crippen LogP contribution in [0.3, 0.4) is 0 Å². The van der Waals surface area contributed by atoms with E-state index in [1.807, 2.05) is 19.9 Å². The summed E-state index contributed by atoms with van der Waals surface area (Å²) in [6, 6.07) is 9.33. The summed E-state index contributed by atoms with van der Waals surface area (Å²) < 4.78 is 5.13. The van der Waals surface area contributed by atoms with Crippen molar-refractivity contribution in [3.63, 3.8) is 0 Å². The van der Waals surface area contributed by atoms with Gasteiger partial charge in [0.1, 0.15) is 11.1 Å². The highest BCUT2D eigenvalue weighted by molar-refractivity contribution is 8.00. The molecule has 1 aromatic heterocycles. The van der Waals surface area contributed by atoms with E-state index in [4.69, 9.17) is 16.3 Å². The molecule has 2 aromatic rings. The minimum atomic E-state index is -0.184. The fourth-order valence-electron chi connectivity index (χ4n) is 2.27. The van der Waals surface area contributed by atoms with Gasteiger partial charge in [0, 0.05) is 23.5 Å². The van der Waals surface area contributed by atoms with Crippen molar-refractivity contribution >= 4 is 35.0 Å². The van der Waals surface area contributed by atoms with Crippen LogP contribution in [-0.2, 0) is 16.1 Å². The molecule has 0 fully saturated rings. The van der Waals surface area contributed by atoms with Gasteiger partial charge in [0.05, 0.1) is 17.9 Å². The molecule has 0 bridgehead atoms. The zero-order valence-electron chi connectivity index (χ0n) is 14.2. The van der Waals surface area contributed by atoms with Crippen LogP contribution >= 0.6 is 23.4 Å². The summed E-state index contributed by atoms with van der Waals surface area (Å²) in [4.78, 5) is 16.6. The summed E-state index contributed by atoms with van der Waals surface area (Å²) in [5.74, 6) is -0.0420. The number of hydrogen-bond donors (Lipinski definition) is 1. The molecular formula is C18H18ClN3O2S. The van der Waals surface area contributed by atoms with E-state index in [2.05, 4.69) is 16.4 Å². The van der Waals surface area contributed by atoms with Gasteiger partial charge in [-0.3, -0.25) is 4.79 Å². The lowest BCUT2D eigenvalue weighted by molar-refractivity contribution is -0.113. The van der Waals surface area contributed by atoms with E-state index in [1.165, 1.54) is 11.8 Å². The second kappa shape index (κ2) is 8.86. The summed E-state index contributed by atoms with van der Waals surface area (Å²) in [6.45, 7) is 4.02. The number of hydrogen-bond acceptors (Lipinski definition) is 5. The number of ether oxygens (including phenoxy) is 1. The first-order valence-corrected chi connectivity index (χ1v) is 8.90. The Morgan fingerprint density at radius 3 is 2.88 bits per heavy atom. The van der Waals surface area contributed by atoms with Crippen LogP contribution in [0.5, 0.6) is 0 Å². The van der Waals surface area contributed by atoms with Crippen molar-refractivity contribution in [3.05, 3.63) is 51.7 Å². The van der Waals surface area contributed by atoms with Crippen molar-refractivity contribution in [1.82, 2.24) is 4.98 Å². The number of amides is 1. The van der Waals surface area contributed by atoms with Crippen LogP contribution in [0.2, 0.25) is 5.02 Å². The number of nitrogens with one attached hydrogen (secondary N) is 1. The molecule has 130 valence electrons. The van der Waals surface area contributed by atoms with Gasteiger partial charge in [-0.1, -0.05) is 29.4 Å². The van der Waals surface area contributed by atoms with E-state index in [-0.39, 0.29) is 11.7 Å². The Hall–Kier alpha value is -2.07. The van der Waals surface area contributed by atoms with Crippen LogP contribution in [0.25, 0.3) is 0 Å². The van der Waals surface area contributed by atoms with Crippen LogP contribution in [0.15, 0.2) is 29.3 Å². The molecule has 0 aliphatic rings. The molecule has 25 heavy (non-hydrogen) atoms. The summed E-state index contributed by atoms with van der Waals surface area (Å²) >= 11 is 7.29. The predicted molar refractivity (Wildman–Crippen MR) is 99.9 cm³/mol. The van der Waals surface area contributed by atoms with E-state index in [0.29, 0.717) is 27.9 Å². The van der Waals surface area contributed by atoms with Gasteiger partial charge in [0.15, 0.2) is 0 Å². The molecule has 0 unspecified atom stereocenters. The molecule has 7 heteroatoms. The number of aromatic nitrogens is 1. The molecular weight excluding hydrogens is 358 g/mol. The number of methoxy groups -OCH3 is 1. The largest absolute Gasteiger partial charge is 0.380 e. The number of nitriles is 1. The quantitative estimate of drug-likeness (QED) is 0.769. The maximum Gasteiger partial charge on any atom is 0.234 e. The number of rotatable bonds is 6. The molecule has 1 aromatic carbocycles. The monoisotopic (exact) mass is 375 g/mol. The fourth-order valence-corrected chi connectivity index (χ4v) is 3.31. The van der Waals surface area contributed by atoms with Crippen LogP contribution in [0.1, 0.15) is 22.4 Å². The topological polar surface area (TPSA) is 75.0 Å². The number of halogens is 1. The van der Waals surface area contributed by atoms with Crippen LogP contribution in [-0.4, -0.2) is 23.8 Å². The van der Waals surface area contributed by atoms with Crippen molar-refractivity contribution in [2.45, 2.75) is 25.5 Å². The Balaban J connectivity index is 2.12. The smallest absolute Gasteiger partial charge is 0.234 e. The number of carbonyl (C=O) groups excluding carboxylic acids is 1. The van der Waals surface area contributed by atoms with Gasteiger partial charge in [-0.25, -0.2) is 4.98 Å². The lowest BCUT2D eigenvalue weighted by atomic mass is 10.1. The van der Waals surface area contributed by atoms with Crippen molar-refractivity contribution < 1.29 is 9.53 Å². The number of benzene rings is 1. The van der Waals surface area contributed by atoms with Gasteiger partial charge >= 0.3 is 0 Å². The Bertz CT molecular complexity index is 834. The molecule has 0 saturated carbocycles. The second-order valence-corrected chi connectivity index (χ2v) is 6.77. The number of thioether (sulfide) groups is 1. The molecule has 1 amide bonds. The number of aryl methyl sites for hydroxylation is 1. The van der Waals surface area contributed by atoms with Crippen molar-refractivity contribution in [2.75, 3.05) is 18.2 Å². The Morgan fingerprint density at radius 1 is 1.44 bits per heavy atom. The van der Waals surface area contributed by atoms with Gasteiger partial charge in [-0.15, -0.1) is 0 Å². The highest BCUT2D eigenvalue weighted by Crippen LogP contribution is 2.26. The molecule has 0 radical (unpaired) electrons. The molecule has 0 atom stereocenters. The van der Waals surface area contributed by atoms with Crippen molar-refractivity contribution in [2.24, 2.45) is 0 Å². The molecule has 0 aliphatic carbocycles. The number of anilines is 1. The third kappa shape index (κ3) is 4.95. The molecule has 1 heterocycles. The average Bonchev–Trinajstić information content (AvgIpc) is 2.57. The molecule has 0 spiro atoms. The van der Waals surface area contributed by atoms with E-state index in [0.717, 1.165) is 16.8 Å². The zero-order valence-corrected chi connectivity index (χ0v) is 15.8. The van der Waals surface area contributed by atoms with Gasteiger partial charge in [-0.05, 0) is 43.2 Å². The minimum absolute atomic E-state index is 0.142. The summed E-state index contributed by atoms with van der Waals surface area (Å²) in [7, 11) is 1.57. The third-order valence-corrected chi connectivity index (χ3v) is 4.87. The zero-order chi connectivity index (χ0) is 18.4. The van der Waals surface area contributed by atoms with Crippen LogP contribution in [0, 0.1) is 25.2 Å². The van der Waals surface area contributed by atoms with E-state index in [9.17, 15) is 10.1 Å². The highest BCUT2D eigenvalue weighted by atomic mass is 35.5. The lowest BCUT2D eigenvalue weighted by Crippen LogP contribution is -2.15. The summed E-state index contributed by atoms with van der Waals surface area (Å²) in [5, 5.41) is 13.4. The predicted octanol–water partition coefficient (Wildman–Crippen LogP) is 4.10. The van der Waals surface area contributed by atoms with Gasteiger partial charge in [0.25, 0.3) is 0 Å². The maximum absolute atomic E-state index is 12.2. The molecule has 1 N–H and O–H groups in total. The van der Waals surface area contributed by atoms with Gasteiger partial charge in [-0.2, -0.15) is 5.26 Å². The van der Waals surface area contributed by atoms with Crippen molar-refractivity contribution in [3.8, 4) is 6.07 Å². The molecule has 0 saturated heterocycles. The first-order valence-electron chi connectivity index (χ1n) is 7.53. The summed E-state index contributed by atoms with van der Waals surface area (Å²) in [5.41, 5.74) is 3.49. The lowest BCUT2D eigenvalue weighted by Gasteiger charge is -2.11. The SMILES string of the molecule is COCc1cc(C)nc(SCC(=O)Nc2cccc(Cl)c2C)c1C#N. The Labute approximate surface area is 156 Å². The van der Waals surface area contributed by atoms with Crippen molar-refractivity contribution in [1.29, 1.82) is 5.26 Å². The number of pyridine rings is 1. The van der Waals surface area contributed by atoms with Gasteiger partial charge < -0.3 is 10.1 Å². The molecule has 0 aliphatic heterocycles. The van der Waals surface area contributed by atoms with Crippen LogP contribution < -0.4 is 5.32 Å². The molecule has 2 rings (SSSR count). The second-order valence-electron chi connectivity index (χ2n) is 5.40. The number of nitrogens with zero attached hydrogens (tertiary/aromatic N) is 2. The van der Waals surface area contributed by atoms with E-state index >= 15 is 0 Å². The van der Waals surface area contributed by atoms with E-state index < -0.39 is 0 Å². The number of carbonyl (C=O) groups is 1. The van der Waals surface area contributed by atoms with Gasteiger partial charge in [0.2, 0.25) is 5.91 Å². The Morgan fingerprint density at radius 2 is 2.20 bits per heavy atom. The Kier molecular flexibility index (Phi) is 6.82. The highest BCUT2D eigenvalue weighted by Gasteiger charge is 2.14. The average molecular weight is 376 g/mol. The standard InChI is InChI=1S/C18H18ClN3O2S/c1-11-7-13(9-24-3)14(8-20)18(21-11)25-10-17(23)22-16-6-4-5-15(19)12(16)2/h4-7H,9-10H2,1-3H3,(H,22,23). The molecule has 5 nitrogen and oxygen atoms in total.